The fourth-order valence-corrected chi connectivity index (χ4v) is 4.27. The highest BCUT2D eigenvalue weighted by atomic mass is 32.2. The highest BCUT2D eigenvalue weighted by Crippen LogP contribution is 2.32. The van der Waals surface area contributed by atoms with Crippen LogP contribution in [-0.2, 0) is 25.9 Å². The van der Waals surface area contributed by atoms with Crippen LogP contribution >= 0.6 is 0 Å². The molecule has 0 radical (unpaired) electrons. The standard InChI is InChI=1S/C21H26N2O4S/c1-5-6-7-8-9-15(2)21(26)16(3)12-17-10-11-18(19(24)13-17)23-14-20(25)22-28(23,4)27/h5-11,13,16,24H,4,12,14H2,1-3H3,(H,22,25,27)/b6-5-,8-7-,15-9+. The van der Waals surface area contributed by atoms with E-state index in [1.807, 2.05) is 38.2 Å². The first-order valence-electron chi connectivity index (χ1n) is 8.93. The fraction of sp³-hybridized carbons (Fsp3) is 0.286. The van der Waals surface area contributed by atoms with Gasteiger partial charge in [0.1, 0.15) is 22.2 Å². The Bertz CT molecular complexity index is 959. The Kier molecular flexibility index (Phi) is 6.85. The van der Waals surface area contributed by atoms with Crippen LogP contribution in [-0.4, -0.2) is 33.4 Å². The molecular formula is C21H26N2O4S. The molecule has 7 heteroatoms. The summed E-state index contributed by atoms with van der Waals surface area (Å²) >= 11 is 0. The lowest BCUT2D eigenvalue weighted by atomic mass is 9.93. The Morgan fingerprint density at radius 2 is 2.11 bits per heavy atom. The zero-order chi connectivity index (χ0) is 20.9. The zero-order valence-electron chi connectivity index (χ0n) is 16.3. The molecule has 6 nitrogen and oxygen atoms in total. The highest BCUT2D eigenvalue weighted by molar-refractivity contribution is 8.00. The molecule has 1 aliphatic heterocycles. The average molecular weight is 403 g/mol. The number of phenolic OH excluding ortho intramolecular Hbond substituents is 1. The summed E-state index contributed by atoms with van der Waals surface area (Å²) in [5.74, 6) is 2.78. The Labute approximate surface area is 166 Å². The number of carbonyl (C=O) groups excluding carboxylic acids is 2. The molecule has 28 heavy (non-hydrogen) atoms. The van der Waals surface area contributed by atoms with Crippen molar-refractivity contribution >= 4 is 33.1 Å². The summed E-state index contributed by atoms with van der Waals surface area (Å²) < 4.78 is 15.9. The number of amides is 1. The number of carbonyl (C=O) groups is 2. The number of nitrogens with one attached hydrogen (secondary N) is 1. The second-order valence-electron chi connectivity index (χ2n) is 6.76. The van der Waals surface area contributed by atoms with Crippen LogP contribution in [0.3, 0.4) is 0 Å². The molecule has 1 heterocycles. The predicted molar refractivity (Wildman–Crippen MR) is 114 cm³/mol. The third-order valence-corrected chi connectivity index (χ3v) is 5.95. The van der Waals surface area contributed by atoms with Gasteiger partial charge in [-0.2, -0.15) is 0 Å². The van der Waals surface area contributed by atoms with Gasteiger partial charge in [0.05, 0.1) is 5.69 Å². The van der Waals surface area contributed by atoms with Crippen molar-refractivity contribution in [2.75, 3.05) is 10.8 Å². The van der Waals surface area contributed by atoms with Crippen molar-refractivity contribution in [3.05, 3.63) is 59.7 Å². The summed E-state index contributed by atoms with van der Waals surface area (Å²) in [6.07, 6.45) is 9.70. The third kappa shape index (κ3) is 5.13. The number of hydrogen-bond acceptors (Lipinski definition) is 4. The van der Waals surface area contributed by atoms with Crippen LogP contribution in [0.15, 0.2) is 54.2 Å². The molecule has 150 valence electrons. The summed E-state index contributed by atoms with van der Waals surface area (Å²) in [5, 5.41) is 10.4. The van der Waals surface area contributed by atoms with Crippen LogP contribution in [0.5, 0.6) is 5.75 Å². The molecule has 0 aliphatic carbocycles. The first-order valence-corrected chi connectivity index (χ1v) is 10.6. The maximum Gasteiger partial charge on any atom is 0.253 e. The van der Waals surface area contributed by atoms with Gasteiger partial charge in [-0.1, -0.05) is 43.4 Å². The summed E-state index contributed by atoms with van der Waals surface area (Å²) in [7, 11) is -2.98. The number of nitrogens with zero attached hydrogens (tertiary/aromatic N) is 1. The number of Topliss-reactive ketones (excluding diaryl/α,β-unsaturated/α-hetero) is 1. The van der Waals surface area contributed by atoms with Crippen molar-refractivity contribution in [2.45, 2.75) is 27.2 Å². The van der Waals surface area contributed by atoms with Gasteiger partial charge in [0.15, 0.2) is 5.78 Å². The van der Waals surface area contributed by atoms with Gasteiger partial charge in [0, 0.05) is 5.92 Å². The molecule has 0 saturated carbocycles. The lowest BCUT2D eigenvalue weighted by Crippen LogP contribution is -2.29. The maximum absolute atomic E-state index is 12.5. The van der Waals surface area contributed by atoms with Gasteiger partial charge < -0.3 is 5.11 Å². The highest BCUT2D eigenvalue weighted by Gasteiger charge is 2.30. The van der Waals surface area contributed by atoms with E-state index >= 15 is 0 Å². The molecule has 2 rings (SSSR count). The second kappa shape index (κ2) is 8.93. The minimum atomic E-state index is -2.98. The molecule has 0 spiro atoms. The van der Waals surface area contributed by atoms with Crippen molar-refractivity contribution in [1.29, 1.82) is 0 Å². The van der Waals surface area contributed by atoms with Gasteiger partial charge in [-0.25, -0.2) is 4.21 Å². The van der Waals surface area contributed by atoms with E-state index in [1.165, 1.54) is 10.4 Å². The van der Waals surface area contributed by atoms with Crippen LogP contribution in [0.25, 0.3) is 0 Å². The lowest BCUT2D eigenvalue weighted by Gasteiger charge is -2.20. The summed E-state index contributed by atoms with van der Waals surface area (Å²) in [6.45, 7) is 5.41. The molecule has 2 atom stereocenters. The molecule has 1 aromatic rings. The molecule has 1 aliphatic rings. The predicted octanol–water partition coefficient (Wildman–Crippen LogP) is 2.70. The van der Waals surface area contributed by atoms with Gasteiger partial charge in [0.25, 0.3) is 5.91 Å². The lowest BCUT2D eigenvalue weighted by molar-refractivity contribution is -0.119. The second-order valence-corrected chi connectivity index (χ2v) is 8.68. The van der Waals surface area contributed by atoms with E-state index in [4.69, 9.17) is 0 Å². The Hall–Kier alpha value is -2.80. The molecule has 1 fully saturated rings. The first kappa shape index (κ1) is 21.5. The number of rotatable bonds is 7. The number of anilines is 1. The molecule has 2 N–H and O–H groups in total. The monoisotopic (exact) mass is 402 g/mol. The Morgan fingerprint density at radius 1 is 1.39 bits per heavy atom. The van der Waals surface area contributed by atoms with Crippen LogP contribution in [0, 0.1) is 5.92 Å². The van der Waals surface area contributed by atoms with Crippen LogP contribution < -0.4 is 9.03 Å². The zero-order valence-corrected chi connectivity index (χ0v) is 17.2. The average Bonchev–Trinajstić information content (AvgIpc) is 2.90. The molecule has 0 bridgehead atoms. The first-order chi connectivity index (χ1) is 13.2. The summed E-state index contributed by atoms with van der Waals surface area (Å²) in [5.41, 5.74) is 1.70. The quantitative estimate of drug-likeness (QED) is 0.417. The molecule has 1 aromatic carbocycles. The van der Waals surface area contributed by atoms with E-state index in [-0.39, 0.29) is 29.7 Å². The number of phenols is 1. The van der Waals surface area contributed by atoms with E-state index < -0.39 is 15.8 Å². The number of hydrogen-bond donors (Lipinski definition) is 2. The number of ketones is 1. The van der Waals surface area contributed by atoms with E-state index in [9.17, 15) is 18.9 Å². The van der Waals surface area contributed by atoms with Gasteiger partial charge in [-0.05, 0) is 49.4 Å². The fourth-order valence-electron chi connectivity index (χ4n) is 2.94. The van der Waals surface area contributed by atoms with Crippen LogP contribution in [0.2, 0.25) is 0 Å². The van der Waals surface area contributed by atoms with Crippen molar-refractivity contribution in [3.8, 4) is 5.75 Å². The Balaban J connectivity index is 2.12. The largest absolute Gasteiger partial charge is 0.506 e. The normalized spacial score (nSPS) is 21.5. The molecule has 1 amide bonds. The SMILES string of the molecule is C=S1(=O)NC(=O)CN1c1ccc(CC(C)C(=O)/C(C)=C/C=C\C=C/C)cc1O. The van der Waals surface area contributed by atoms with Crippen molar-refractivity contribution in [3.63, 3.8) is 0 Å². The van der Waals surface area contributed by atoms with Crippen molar-refractivity contribution in [1.82, 2.24) is 4.72 Å². The number of aromatic hydroxyl groups is 1. The third-order valence-electron chi connectivity index (χ3n) is 4.36. The van der Waals surface area contributed by atoms with Gasteiger partial charge >= 0.3 is 0 Å². The molecule has 2 unspecified atom stereocenters. The van der Waals surface area contributed by atoms with E-state index in [1.54, 1.807) is 25.1 Å². The van der Waals surface area contributed by atoms with Gasteiger partial charge in [-0.3, -0.25) is 18.6 Å². The molecular weight excluding hydrogens is 376 g/mol. The Morgan fingerprint density at radius 3 is 2.68 bits per heavy atom. The van der Waals surface area contributed by atoms with Gasteiger partial charge in [-0.15, -0.1) is 0 Å². The van der Waals surface area contributed by atoms with E-state index in [0.717, 1.165) is 5.56 Å². The minimum Gasteiger partial charge on any atom is -0.506 e. The van der Waals surface area contributed by atoms with Crippen molar-refractivity contribution in [2.24, 2.45) is 5.92 Å². The van der Waals surface area contributed by atoms with E-state index in [0.29, 0.717) is 12.0 Å². The minimum absolute atomic E-state index is 0.0313. The van der Waals surface area contributed by atoms with Gasteiger partial charge in [0.2, 0.25) is 0 Å². The smallest absolute Gasteiger partial charge is 0.253 e. The van der Waals surface area contributed by atoms with Crippen molar-refractivity contribution < 1.29 is 18.9 Å². The molecule has 1 saturated heterocycles. The summed E-state index contributed by atoms with van der Waals surface area (Å²) in [4.78, 5) is 24.0. The summed E-state index contributed by atoms with van der Waals surface area (Å²) in [6, 6.07) is 4.88. The van der Waals surface area contributed by atoms with Crippen LogP contribution in [0.4, 0.5) is 5.69 Å². The molecule has 0 aromatic heterocycles. The maximum atomic E-state index is 12.5. The van der Waals surface area contributed by atoms with Crippen LogP contribution in [0.1, 0.15) is 26.3 Å². The number of benzene rings is 1. The van der Waals surface area contributed by atoms with E-state index in [2.05, 4.69) is 10.6 Å². The topological polar surface area (TPSA) is 86.7 Å². The number of allylic oxidation sites excluding steroid dienone is 6.